The fraction of sp³-hybridized carbons (Fsp3) is 0.0909. The van der Waals surface area contributed by atoms with Gasteiger partial charge in [0.1, 0.15) is 5.56 Å². The standard InChI is InChI=1S/C22H14Cl3N3O3S/c1-2-14-17(21(30)31)18(25)11-8-10(6-7-15(11)26-14)9-16-20(29)28-22(32-16)27-19-12(23)4-3-5-13(19)24/h3-9H,2H2,1H3,(H,30,31)(H,27,28,29). The Hall–Kier alpha value is -2.58. The maximum atomic E-state index is 12.4. The lowest BCUT2D eigenvalue weighted by Gasteiger charge is -2.10. The predicted molar refractivity (Wildman–Crippen MR) is 131 cm³/mol. The molecule has 10 heteroatoms. The van der Waals surface area contributed by atoms with E-state index in [1.807, 2.05) is 6.92 Å². The van der Waals surface area contributed by atoms with Crippen LogP contribution in [0.25, 0.3) is 17.0 Å². The number of amidine groups is 1. The summed E-state index contributed by atoms with van der Waals surface area (Å²) in [5.74, 6) is -1.55. The zero-order chi connectivity index (χ0) is 23.0. The molecule has 1 aromatic heterocycles. The van der Waals surface area contributed by atoms with E-state index in [4.69, 9.17) is 34.8 Å². The van der Waals surface area contributed by atoms with Gasteiger partial charge in [-0.25, -0.2) is 4.79 Å². The highest BCUT2D eigenvalue weighted by molar-refractivity contribution is 8.18. The van der Waals surface area contributed by atoms with Crippen LogP contribution in [0, 0.1) is 0 Å². The molecule has 2 heterocycles. The van der Waals surface area contributed by atoms with Crippen LogP contribution in [0.3, 0.4) is 0 Å². The molecule has 3 aromatic rings. The second-order valence-electron chi connectivity index (χ2n) is 6.74. The van der Waals surface area contributed by atoms with E-state index in [1.54, 1.807) is 42.5 Å². The molecular weight excluding hydrogens is 493 g/mol. The first-order valence-electron chi connectivity index (χ1n) is 9.37. The molecule has 162 valence electrons. The van der Waals surface area contributed by atoms with Crippen LogP contribution in [-0.4, -0.2) is 27.1 Å². The van der Waals surface area contributed by atoms with Crippen molar-refractivity contribution >= 4 is 86.3 Å². The normalized spacial score (nSPS) is 14.8. The number of carbonyl (C=O) groups excluding carboxylic acids is 1. The molecule has 0 unspecified atom stereocenters. The zero-order valence-electron chi connectivity index (χ0n) is 16.4. The molecule has 0 saturated carbocycles. The van der Waals surface area contributed by atoms with Crippen LogP contribution < -0.4 is 5.32 Å². The van der Waals surface area contributed by atoms with Crippen LogP contribution in [0.4, 0.5) is 5.69 Å². The number of fused-ring (bicyclic) bond motifs is 1. The van der Waals surface area contributed by atoms with Crippen molar-refractivity contribution in [1.29, 1.82) is 0 Å². The predicted octanol–water partition coefficient (Wildman–Crippen LogP) is 6.54. The molecular formula is C22H14Cl3N3O3S. The van der Waals surface area contributed by atoms with Crippen LogP contribution in [-0.2, 0) is 11.2 Å². The molecule has 0 bridgehead atoms. The van der Waals surface area contributed by atoms with Crippen LogP contribution >= 0.6 is 46.6 Å². The minimum Gasteiger partial charge on any atom is -0.478 e. The quantitative estimate of drug-likeness (QED) is 0.390. The Kier molecular flexibility index (Phi) is 6.44. The van der Waals surface area contributed by atoms with Crippen molar-refractivity contribution in [3.05, 3.63) is 73.2 Å². The van der Waals surface area contributed by atoms with Crippen LogP contribution in [0.1, 0.15) is 28.5 Å². The summed E-state index contributed by atoms with van der Waals surface area (Å²) in [6.07, 6.45) is 2.10. The van der Waals surface area contributed by atoms with Crippen LogP contribution in [0.2, 0.25) is 15.1 Å². The summed E-state index contributed by atoms with van der Waals surface area (Å²) in [7, 11) is 0. The number of anilines is 1. The second-order valence-corrected chi connectivity index (χ2v) is 8.96. The number of nitrogens with one attached hydrogen (secondary N) is 1. The molecule has 1 amide bonds. The largest absolute Gasteiger partial charge is 0.478 e. The number of pyridine rings is 1. The van der Waals surface area contributed by atoms with Gasteiger partial charge in [0.05, 0.1) is 36.9 Å². The zero-order valence-corrected chi connectivity index (χ0v) is 19.5. The Labute approximate surface area is 202 Å². The lowest BCUT2D eigenvalue weighted by atomic mass is 10.0. The monoisotopic (exact) mass is 505 g/mol. The van der Waals surface area contributed by atoms with Gasteiger partial charge in [0, 0.05) is 5.39 Å². The van der Waals surface area contributed by atoms with Gasteiger partial charge in [-0.05, 0) is 54.1 Å². The number of halogens is 3. The average Bonchev–Trinajstić information content (AvgIpc) is 3.09. The number of thioether (sulfide) groups is 1. The number of hydrogen-bond donors (Lipinski definition) is 2. The van der Waals surface area contributed by atoms with Crippen LogP contribution in [0.5, 0.6) is 0 Å². The van der Waals surface area contributed by atoms with Gasteiger partial charge in [-0.3, -0.25) is 9.78 Å². The fourth-order valence-electron chi connectivity index (χ4n) is 3.19. The molecule has 6 nitrogen and oxygen atoms in total. The van der Waals surface area contributed by atoms with Gasteiger partial charge in [0.15, 0.2) is 5.17 Å². The molecule has 0 radical (unpaired) electrons. The summed E-state index contributed by atoms with van der Waals surface area (Å²) < 4.78 is 0. The van der Waals surface area contributed by atoms with Gasteiger partial charge in [0.25, 0.3) is 5.91 Å². The number of rotatable bonds is 4. The van der Waals surface area contributed by atoms with Crippen molar-refractivity contribution in [1.82, 2.24) is 4.98 Å². The molecule has 0 spiro atoms. The summed E-state index contributed by atoms with van der Waals surface area (Å²) in [6.45, 7) is 1.82. The Bertz CT molecular complexity index is 1330. The molecule has 32 heavy (non-hydrogen) atoms. The van der Waals surface area contributed by atoms with E-state index in [2.05, 4.69) is 15.3 Å². The van der Waals surface area contributed by atoms with E-state index < -0.39 is 11.9 Å². The summed E-state index contributed by atoms with van der Waals surface area (Å²) in [6, 6.07) is 10.3. The van der Waals surface area contributed by atoms with Gasteiger partial charge in [-0.1, -0.05) is 53.9 Å². The van der Waals surface area contributed by atoms with Crippen molar-refractivity contribution in [2.75, 3.05) is 5.32 Å². The molecule has 0 atom stereocenters. The molecule has 1 aliphatic heterocycles. The number of carbonyl (C=O) groups is 2. The van der Waals surface area contributed by atoms with E-state index in [1.165, 1.54) is 0 Å². The minimum absolute atomic E-state index is 0.00998. The molecule has 0 fully saturated rings. The molecule has 0 saturated heterocycles. The number of para-hydroxylation sites is 1. The van der Waals surface area contributed by atoms with E-state index in [9.17, 15) is 14.7 Å². The number of aromatic nitrogens is 1. The minimum atomic E-state index is -1.13. The number of amides is 1. The summed E-state index contributed by atoms with van der Waals surface area (Å²) >= 11 is 19.9. The molecule has 1 aliphatic rings. The third-order valence-electron chi connectivity index (χ3n) is 4.68. The topological polar surface area (TPSA) is 91.7 Å². The number of benzene rings is 2. The highest BCUT2D eigenvalue weighted by atomic mass is 35.5. The number of aliphatic imine (C=N–C) groups is 1. The lowest BCUT2D eigenvalue weighted by Crippen LogP contribution is -2.06. The maximum absolute atomic E-state index is 12.4. The molecule has 4 rings (SSSR count). The van der Waals surface area contributed by atoms with Gasteiger partial charge >= 0.3 is 5.97 Å². The first-order chi connectivity index (χ1) is 15.3. The van der Waals surface area contributed by atoms with Crippen molar-refractivity contribution in [2.24, 2.45) is 4.99 Å². The SMILES string of the molecule is CCc1nc2ccc(C=C3SC(Nc4c(Cl)cccc4Cl)=NC3=O)cc2c(Cl)c1C(=O)O. The number of carboxylic acid groups (broad SMARTS) is 1. The Morgan fingerprint density at radius 1 is 1.19 bits per heavy atom. The fourth-order valence-corrected chi connectivity index (χ4v) is 4.84. The smallest absolute Gasteiger partial charge is 0.339 e. The highest BCUT2D eigenvalue weighted by Gasteiger charge is 2.24. The van der Waals surface area contributed by atoms with Crippen LogP contribution in [0.15, 0.2) is 46.3 Å². The lowest BCUT2D eigenvalue weighted by molar-refractivity contribution is -0.113. The van der Waals surface area contributed by atoms with Crippen molar-refractivity contribution in [3.63, 3.8) is 0 Å². The Morgan fingerprint density at radius 3 is 2.56 bits per heavy atom. The van der Waals surface area contributed by atoms with Crippen molar-refractivity contribution in [2.45, 2.75) is 13.3 Å². The third kappa shape index (κ3) is 4.34. The maximum Gasteiger partial charge on any atom is 0.339 e. The van der Waals surface area contributed by atoms with Gasteiger partial charge in [0.2, 0.25) is 0 Å². The first kappa shape index (κ1) is 22.6. The Morgan fingerprint density at radius 2 is 1.91 bits per heavy atom. The number of hydrogen-bond acceptors (Lipinski definition) is 5. The first-order valence-corrected chi connectivity index (χ1v) is 11.3. The van der Waals surface area contributed by atoms with E-state index >= 15 is 0 Å². The summed E-state index contributed by atoms with van der Waals surface area (Å²) in [5, 5.41) is 14.3. The molecule has 0 aliphatic carbocycles. The van der Waals surface area contributed by atoms with Gasteiger partial charge in [-0.15, -0.1) is 0 Å². The van der Waals surface area contributed by atoms with Gasteiger partial charge < -0.3 is 10.4 Å². The molecule has 2 N–H and O–H groups in total. The number of aromatic carboxylic acids is 1. The highest BCUT2D eigenvalue weighted by Crippen LogP contribution is 2.35. The van der Waals surface area contributed by atoms with E-state index in [-0.39, 0.29) is 10.6 Å². The number of nitrogens with zero attached hydrogens (tertiary/aromatic N) is 2. The number of aryl methyl sites for hydroxylation is 1. The number of carboxylic acids is 1. The van der Waals surface area contributed by atoms with Gasteiger partial charge in [-0.2, -0.15) is 4.99 Å². The van der Waals surface area contributed by atoms with Crippen molar-refractivity contribution < 1.29 is 14.7 Å². The third-order valence-corrected chi connectivity index (χ3v) is 6.60. The summed E-state index contributed by atoms with van der Waals surface area (Å²) in [4.78, 5) is 32.9. The molecule has 2 aromatic carbocycles. The van der Waals surface area contributed by atoms with Crippen molar-refractivity contribution in [3.8, 4) is 0 Å². The Balaban J connectivity index is 1.65. The van der Waals surface area contributed by atoms with E-state index in [0.717, 1.165) is 11.8 Å². The van der Waals surface area contributed by atoms with E-state index in [0.29, 0.717) is 54.4 Å². The second kappa shape index (κ2) is 9.11. The summed E-state index contributed by atoms with van der Waals surface area (Å²) in [5.41, 5.74) is 2.11. The average molecular weight is 507 g/mol.